The zero-order valence-corrected chi connectivity index (χ0v) is 15.8. The van der Waals surface area contributed by atoms with Crippen molar-refractivity contribution >= 4 is 34.7 Å². The van der Waals surface area contributed by atoms with Crippen molar-refractivity contribution in [3.63, 3.8) is 0 Å². The lowest BCUT2D eigenvalue weighted by Gasteiger charge is -2.26. The van der Waals surface area contributed by atoms with Crippen molar-refractivity contribution in [2.75, 3.05) is 4.90 Å². The molecular formula is C23H15ClFNO3. The van der Waals surface area contributed by atoms with Gasteiger partial charge in [0.05, 0.1) is 11.6 Å². The van der Waals surface area contributed by atoms with E-state index in [-0.39, 0.29) is 11.3 Å². The first kappa shape index (κ1) is 18.9. The molecule has 0 saturated carbocycles. The zero-order chi connectivity index (χ0) is 20.5. The number of halogens is 2. The Morgan fingerprint density at radius 2 is 1.52 bits per heavy atom. The van der Waals surface area contributed by atoms with Gasteiger partial charge < -0.3 is 5.11 Å². The van der Waals surface area contributed by atoms with Gasteiger partial charge in [-0.3, -0.25) is 14.5 Å². The van der Waals surface area contributed by atoms with Crippen LogP contribution in [0.5, 0.6) is 0 Å². The summed E-state index contributed by atoms with van der Waals surface area (Å²) in [6.07, 6.45) is 0. The summed E-state index contributed by atoms with van der Waals surface area (Å²) in [4.78, 5) is 27.1. The van der Waals surface area contributed by atoms with Gasteiger partial charge in [0.2, 0.25) is 0 Å². The first-order valence-corrected chi connectivity index (χ1v) is 9.23. The molecule has 0 aliphatic carbocycles. The largest absolute Gasteiger partial charge is 0.507 e. The van der Waals surface area contributed by atoms with E-state index in [1.54, 1.807) is 54.6 Å². The fourth-order valence-corrected chi connectivity index (χ4v) is 3.68. The molecule has 29 heavy (non-hydrogen) atoms. The second-order valence-corrected chi connectivity index (χ2v) is 6.94. The molecule has 1 unspecified atom stereocenters. The molecule has 1 N–H and O–H groups in total. The summed E-state index contributed by atoms with van der Waals surface area (Å²) in [6, 6.07) is 19.6. The van der Waals surface area contributed by atoms with E-state index in [0.717, 1.165) is 0 Å². The average molecular weight is 408 g/mol. The number of carbonyl (C=O) groups excluding carboxylic acids is 2. The third-order valence-corrected chi connectivity index (χ3v) is 5.14. The van der Waals surface area contributed by atoms with Crippen molar-refractivity contribution in [2.24, 2.45) is 0 Å². The van der Waals surface area contributed by atoms with Gasteiger partial charge in [-0.05, 0) is 35.9 Å². The fourth-order valence-electron chi connectivity index (χ4n) is 3.44. The van der Waals surface area contributed by atoms with E-state index >= 15 is 0 Å². The molecule has 1 amide bonds. The van der Waals surface area contributed by atoms with E-state index in [0.29, 0.717) is 21.8 Å². The third kappa shape index (κ3) is 3.30. The number of nitrogens with zero attached hydrogens (tertiary/aromatic N) is 1. The van der Waals surface area contributed by atoms with Crippen LogP contribution in [0.1, 0.15) is 17.2 Å². The van der Waals surface area contributed by atoms with Crippen LogP contribution >= 0.6 is 11.6 Å². The summed E-state index contributed by atoms with van der Waals surface area (Å²) < 4.78 is 13.4. The third-order valence-electron chi connectivity index (χ3n) is 4.80. The quantitative estimate of drug-likeness (QED) is 0.373. The molecule has 4 nitrogen and oxygen atoms in total. The highest BCUT2D eigenvalue weighted by Crippen LogP contribution is 2.44. The Morgan fingerprint density at radius 1 is 0.897 bits per heavy atom. The normalized spacial score (nSPS) is 18.3. The van der Waals surface area contributed by atoms with Gasteiger partial charge in [0.25, 0.3) is 11.7 Å². The smallest absolute Gasteiger partial charge is 0.300 e. The van der Waals surface area contributed by atoms with Crippen LogP contribution < -0.4 is 4.90 Å². The molecule has 1 saturated heterocycles. The Morgan fingerprint density at radius 3 is 2.17 bits per heavy atom. The Balaban J connectivity index is 1.97. The molecule has 0 aromatic heterocycles. The molecule has 3 aromatic rings. The number of rotatable bonds is 3. The molecular weight excluding hydrogens is 393 g/mol. The van der Waals surface area contributed by atoms with E-state index in [2.05, 4.69) is 0 Å². The Kier molecular flexibility index (Phi) is 4.91. The van der Waals surface area contributed by atoms with Crippen molar-refractivity contribution in [3.05, 3.63) is 106 Å². The lowest BCUT2D eigenvalue weighted by molar-refractivity contribution is -0.132. The summed E-state index contributed by atoms with van der Waals surface area (Å²) in [5, 5.41) is 11.3. The lowest BCUT2D eigenvalue weighted by Crippen LogP contribution is -2.29. The number of amides is 1. The SMILES string of the molecule is O=C1C(=O)N(c2ccc(F)cc2)C(c2ccccc2Cl)/C1=C(\O)c1ccccc1. The second-order valence-electron chi connectivity index (χ2n) is 6.53. The van der Waals surface area contributed by atoms with Gasteiger partial charge in [-0.1, -0.05) is 60.1 Å². The van der Waals surface area contributed by atoms with Crippen molar-refractivity contribution < 1.29 is 19.1 Å². The molecule has 6 heteroatoms. The first-order valence-electron chi connectivity index (χ1n) is 8.85. The van der Waals surface area contributed by atoms with Crippen molar-refractivity contribution in [1.82, 2.24) is 0 Å². The van der Waals surface area contributed by atoms with E-state index in [4.69, 9.17) is 11.6 Å². The second kappa shape index (κ2) is 7.53. The summed E-state index contributed by atoms with van der Waals surface area (Å²) in [5.74, 6) is -2.41. The number of benzene rings is 3. The van der Waals surface area contributed by atoms with Crippen LogP contribution in [-0.4, -0.2) is 16.8 Å². The highest BCUT2D eigenvalue weighted by atomic mass is 35.5. The lowest BCUT2D eigenvalue weighted by atomic mass is 9.95. The van der Waals surface area contributed by atoms with Gasteiger partial charge in [0, 0.05) is 16.3 Å². The van der Waals surface area contributed by atoms with Crippen LogP contribution in [0, 0.1) is 5.82 Å². The number of ketones is 1. The number of Topliss-reactive ketones (excluding diaryl/α,β-unsaturated/α-hetero) is 1. The van der Waals surface area contributed by atoms with Gasteiger partial charge in [0.15, 0.2) is 0 Å². The summed E-state index contributed by atoms with van der Waals surface area (Å²) in [5.41, 5.74) is 1.14. The Labute approximate surface area is 171 Å². The average Bonchev–Trinajstić information content (AvgIpc) is 3.00. The van der Waals surface area contributed by atoms with Gasteiger partial charge in [0.1, 0.15) is 11.6 Å². The Bertz CT molecular complexity index is 1130. The molecule has 0 radical (unpaired) electrons. The minimum atomic E-state index is -0.950. The van der Waals surface area contributed by atoms with Crippen LogP contribution in [0.3, 0.4) is 0 Å². The molecule has 1 aliphatic heterocycles. The number of hydrogen-bond acceptors (Lipinski definition) is 3. The van der Waals surface area contributed by atoms with E-state index < -0.39 is 23.5 Å². The number of hydrogen-bond donors (Lipinski definition) is 1. The molecule has 4 rings (SSSR count). The highest BCUT2D eigenvalue weighted by Gasteiger charge is 2.47. The fraction of sp³-hybridized carbons (Fsp3) is 0.0435. The number of anilines is 1. The van der Waals surface area contributed by atoms with Gasteiger partial charge in [-0.25, -0.2) is 4.39 Å². The summed E-state index contributed by atoms with van der Waals surface area (Å²) in [7, 11) is 0. The molecule has 1 heterocycles. The predicted molar refractivity (Wildman–Crippen MR) is 109 cm³/mol. The minimum Gasteiger partial charge on any atom is -0.507 e. The highest BCUT2D eigenvalue weighted by molar-refractivity contribution is 6.52. The van der Waals surface area contributed by atoms with Crippen LogP contribution in [-0.2, 0) is 9.59 Å². The predicted octanol–water partition coefficient (Wildman–Crippen LogP) is 5.11. The maximum Gasteiger partial charge on any atom is 0.300 e. The molecule has 1 aliphatic rings. The maximum atomic E-state index is 13.4. The Hall–Kier alpha value is -3.44. The van der Waals surface area contributed by atoms with E-state index in [1.165, 1.54) is 29.2 Å². The van der Waals surface area contributed by atoms with E-state index in [9.17, 15) is 19.1 Å². The molecule has 1 atom stereocenters. The molecule has 144 valence electrons. The van der Waals surface area contributed by atoms with E-state index in [1.807, 2.05) is 0 Å². The zero-order valence-electron chi connectivity index (χ0n) is 15.0. The van der Waals surface area contributed by atoms with Crippen LogP contribution in [0.25, 0.3) is 5.76 Å². The van der Waals surface area contributed by atoms with Gasteiger partial charge >= 0.3 is 0 Å². The first-order chi connectivity index (χ1) is 14.0. The van der Waals surface area contributed by atoms with Crippen molar-refractivity contribution in [1.29, 1.82) is 0 Å². The minimum absolute atomic E-state index is 0.0707. The monoisotopic (exact) mass is 407 g/mol. The molecule has 3 aromatic carbocycles. The molecule has 0 bridgehead atoms. The van der Waals surface area contributed by atoms with Crippen molar-refractivity contribution in [3.8, 4) is 0 Å². The number of aliphatic hydroxyl groups is 1. The van der Waals surface area contributed by atoms with Crippen LogP contribution in [0.15, 0.2) is 84.4 Å². The van der Waals surface area contributed by atoms with Gasteiger partial charge in [-0.2, -0.15) is 0 Å². The summed E-state index contributed by atoms with van der Waals surface area (Å²) >= 11 is 6.38. The van der Waals surface area contributed by atoms with Crippen molar-refractivity contribution in [2.45, 2.75) is 6.04 Å². The van der Waals surface area contributed by atoms with Crippen LogP contribution in [0.2, 0.25) is 5.02 Å². The summed E-state index contributed by atoms with van der Waals surface area (Å²) in [6.45, 7) is 0. The number of aliphatic hydroxyl groups excluding tert-OH is 1. The standard InChI is InChI=1S/C23H15ClFNO3/c24-18-9-5-4-8-17(18)20-19(21(27)14-6-2-1-3-7-14)22(28)23(29)26(20)16-12-10-15(25)11-13-16/h1-13,20,27H/b21-19+. The molecule has 0 spiro atoms. The maximum absolute atomic E-state index is 13.4. The van der Waals surface area contributed by atoms with Crippen LogP contribution in [0.4, 0.5) is 10.1 Å². The van der Waals surface area contributed by atoms with Gasteiger partial charge in [-0.15, -0.1) is 0 Å². The number of carbonyl (C=O) groups is 2. The molecule has 1 fully saturated rings. The topological polar surface area (TPSA) is 57.6 Å².